The molecule has 0 aromatic carbocycles. The summed E-state index contributed by atoms with van der Waals surface area (Å²) in [6, 6.07) is 1.07. The van der Waals surface area contributed by atoms with E-state index in [9.17, 15) is 19.8 Å². The Hall–Kier alpha value is -1.04. The van der Waals surface area contributed by atoms with Crippen LogP contribution in [0.5, 0.6) is 0 Å². The van der Waals surface area contributed by atoms with Gasteiger partial charge in [0, 0.05) is 12.3 Å². The molecule has 10 heteroatoms. The van der Waals surface area contributed by atoms with Gasteiger partial charge < -0.3 is 25.5 Å². The number of aromatic amines is 1. The van der Waals surface area contributed by atoms with E-state index in [4.69, 9.17) is 9.84 Å². The fourth-order valence-corrected chi connectivity index (χ4v) is 2.56. The molecule has 0 unspecified atom stereocenters. The van der Waals surface area contributed by atoms with Crippen LogP contribution in [-0.4, -0.2) is 55.3 Å². The fraction of sp³-hybridized carbons (Fsp3) is 0.556. The number of hydrogen-bond donors (Lipinski definition) is 4. The number of ether oxygens (including phenoxy) is 1. The molecule has 4 atom stereocenters. The molecule has 0 saturated carbocycles. The number of H-pyrrole nitrogens is 1. The van der Waals surface area contributed by atoms with Crippen LogP contribution < -0.4 is 11.2 Å². The first-order valence-electron chi connectivity index (χ1n) is 5.06. The second kappa shape index (κ2) is 5.53. The fourth-order valence-electron chi connectivity index (χ4n) is 1.77. The van der Waals surface area contributed by atoms with Crippen molar-refractivity contribution in [3.8, 4) is 0 Å². The molecule has 1 aliphatic rings. The molecule has 0 aliphatic carbocycles. The number of halogens is 1. The van der Waals surface area contributed by atoms with Gasteiger partial charge in [-0.1, -0.05) is 0 Å². The molecule has 19 heavy (non-hydrogen) atoms. The van der Waals surface area contributed by atoms with E-state index in [1.165, 1.54) is 0 Å². The molecular formula is C9H13BrN2O7. The van der Waals surface area contributed by atoms with Gasteiger partial charge in [0.25, 0.3) is 5.56 Å². The normalized spacial score (nSPS) is 34.0. The van der Waals surface area contributed by atoms with Gasteiger partial charge in [-0.25, -0.2) is 4.79 Å². The summed E-state index contributed by atoms with van der Waals surface area (Å²) in [5.74, 6) is 0. The Kier molecular flexibility index (Phi) is 4.66. The second-order valence-corrected chi connectivity index (χ2v) is 5.00. The minimum Gasteiger partial charge on any atom is -0.412 e. The molecule has 108 valence electrons. The Bertz CT molecular complexity index is 558. The van der Waals surface area contributed by atoms with Gasteiger partial charge in [0.2, 0.25) is 4.63 Å². The number of rotatable bonds is 2. The van der Waals surface area contributed by atoms with Gasteiger partial charge in [-0.15, -0.1) is 0 Å². The zero-order valence-electron chi connectivity index (χ0n) is 9.49. The Morgan fingerprint density at radius 2 is 2.11 bits per heavy atom. The van der Waals surface area contributed by atoms with Crippen molar-refractivity contribution >= 4 is 15.9 Å². The summed E-state index contributed by atoms with van der Waals surface area (Å²) in [5.41, 5.74) is -1.41. The van der Waals surface area contributed by atoms with Crippen LogP contribution in [0.2, 0.25) is 0 Å². The van der Waals surface area contributed by atoms with Crippen LogP contribution >= 0.6 is 15.9 Å². The Labute approximate surface area is 114 Å². The van der Waals surface area contributed by atoms with Crippen molar-refractivity contribution < 1.29 is 25.5 Å². The lowest BCUT2D eigenvalue weighted by atomic mass is 10.1. The summed E-state index contributed by atoms with van der Waals surface area (Å²) in [7, 11) is 0. The zero-order valence-corrected chi connectivity index (χ0v) is 11.1. The van der Waals surface area contributed by atoms with Crippen molar-refractivity contribution in [2.45, 2.75) is 22.9 Å². The first-order chi connectivity index (χ1) is 8.40. The van der Waals surface area contributed by atoms with E-state index in [0.717, 1.165) is 16.8 Å². The minimum atomic E-state index is -1.74. The lowest BCUT2D eigenvalue weighted by Crippen LogP contribution is -2.47. The highest BCUT2D eigenvalue weighted by Gasteiger charge is 2.54. The third-order valence-electron chi connectivity index (χ3n) is 2.72. The van der Waals surface area contributed by atoms with Crippen molar-refractivity contribution in [1.29, 1.82) is 0 Å². The van der Waals surface area contributed by atoms with Crippen molar-refractivity contribution in [2.24, 2.45) is 0 Å². The maximum Gasteiger partial charge on any atom is 0.331 e. The van der Waals surface area contributed by atoms with Crippen molar-refractivity contribution in [1.82, 2.24) is 9.55 Å². The number of hydrogen-bond acceptors (Lipinski definition) is 6. The molecule has 1 aliphatic heterocycles. The van der Waals surface area contributed by atoms with Crippen LogP contribution in [0.1, 0.15) is 0 Å². The number of aromatic nitrogens is 2. The average Bonchev–Trinajstić information content (AvgIpc) is 2.54. The number of nitrogens with zero attached hydrogens (tertiary/aromatic N) is 1. The lowest BCUT2D eigenvalue weighted by molar-refractivity contribution is -0.0766. The number of aliphatic hydroxyl groups is 3. The van der Waals surface area contributed by atoms with Crippen molar-refractivity contribution in [3.05, 3.63) is 33.1 Å². The number of nitrogens with one attached hydrogen (secondary N) is 1. The summed E-state index contributed by atoms with van der Waals surface area (Å²) >= 11 is 3.01. The van der Waals surface area contributed by atoms with Crippen molar-refractivity contribution in [3.63, 3.8) is 0 Å². The van der Waals surface area contributed by atoms with E-state index in [-0.39, 0.29) is 5.48 Å². The lowest BCUT2D eigenvalue weighted by Gasteiger charge is -2.27. The second-order valence-electron chi connectivity index (χ2n) is 3.86. The largest absolute Gasteiger partial charge is 0.412 e. The molecule has 0 bridgehead atoms. The SMILES string of the molecule is O.O=c1ccn([C@]2(Br)O[C@H](CO)[C@@H](O)[C@H]2O)c(=O)[nH]1. The summed E-state index contributed by atoms with van der Waals surface area (Å²) in [6.45, 7) is -0.524. The molecule has 1 aromatic rings. The molecule has 2 rings (SSSR count). The monoisotopic (exact) mass is 340 g/mol. The number of aliphatic hydroxyl groups excluding tert-OH is 3. The predicted octanol–water partition coefficient (Wildman–Crippen LogP) is -3.17. The van der Waals surface area contributed by atoms with Crippen LogP contribution in [-0.2, 0) is 9.37 Å². The molecule has 2 heterocycles. The highest BCUT2D eigenvalue weighted by molar-refractivity contribution is 9.09. The summed E-state index contributed by atoms with van der Waals surface area (Å²) in [5, 5.41) is 28.5. The quantitative estimate of drug-likeness (QED) is 0.416. The molecule has 0 amide bonds. The third-order valence-corrected chi connectivity index (χ3v) is 3.76. The van der Waals surface area contributed by atoms with Gasteiger partial charge >= 0.3 is 5.69 Å². The van der Waals surface area contributed by atoms with Crippen LogP contribution in [0.15, 0.2) is 21.9 Å². The van der Waals surface area contributed by atoms with E-state index in [0.29, 0.717) is 0 Å². The topological polar surface area (TPSA) is 156 Å². The molecule has 1 fully saturated rings. The van der Waals surface area contributed by atoms with Gasteiger partial charge in [-0.2, -0.15) is 0 Å². The van der Waals surface area contributed by atoms with E-state index >= 15 is 0 Å². The van der Waals surface area contributed by atoms with Crippen LogP contribution in [0.25, 0.3) is 0 Å². The van der Waals surface area contributed by atoms with E-state index in [2.05, 4.69) is 15.9 Å². The van der Waals surface area contributed by atoms with E-state index in [1.54, 1.807) is 0 Å². The molecular weight excluding hydrogens is 328 g/mol. The minimum absolute atomic E-state index is 0. The average molecular weight is 341 g/mol. The van der Waals surface area contributed by atoms with E-state index < -0.39 is 40.8 Å². The zero-order chi connectivity index (χ0) is 13.5. The van der Waals surface area contributed by atoms with Gasteiger partial charge in [0.05, 0.1) is 6.61 Å². The molecule has 6 N–H and O–H groups in total. The molecule has 1 saturated heterocycles. The van der Waals surface area contributed by atoms with Crippen LogP contribution in [0.4, 0.5) is 0 Å². The maximum atomic E-state index is 11.6. The maximum absolute atomic E-state index is 11.6. The van der Waals surface area contributed by atoms with Gasteiger partial charge in [0.1, 0.15) is 18.3 Å². The standard InChI is InChI=1S/C9H11BrN2O6.H2O/c10-9(7(16)6(15)4(3-13)18-9)12-2-1-5(14)11-8(12)17;/h1-2,4,6-7,13,15-16H,3H2,(H,11,14,17);1H2/t4-,6-,7-,9+;/m1./s1. The Morgan fingerprint density at radius 1 is 1.47 bits per heavy atom. The summed E-state index contributed by atoms with van der Waals surface area (Å²) in [4.78, 5) is 24.6. The third kappa shape index (κ3) is 2.50. The first-order valence-corrected chi connectivity index (χ1v) is 5.85. The summed E-state index contributed by atoms with van der Waals surface area (Å²) < 4.78 is 4.39. The van der Waals surface area contributed by atoms with Crippen LogP contribution in [0, 0.1) is 0 Å². The Balaban J connectivity index is 0.00000180. The highest BCUT2D eigenvalue weighted by Crippen LogP contribution is 2.39. The molecule has 0 spiro atoms. The highest BCUT2D eigenvalue weighted by atomic mass is 79.9. The molecule has 1 aromatic heterocycles. The predicted molar refractivity (Wildman–Crippen MR) is 65.8 cm³/mol. The Morgan fingerprint density at radius 3 is 2.58 bits per heavy atom. The molecule has 0 radical (unpaired) electrons. The molecule has 9 nitrogen and oxygen atoms in total. The smallest absolute Gasteiger partial charge is 0.331 e. The van der Waals surface area contributed by atoms with Gasteiger partial charge in [-0.05, 0) is 15.9 Å². The first kappa shape index (κ1) is 16.0. The van der Waals surface area contributed by atoms with Gasteiger partial charge in [0.15, 0.2) is 0 Å². The van der Waals surface area contributed by atoms with Crippen molar-refractivity contribution in [2.75, 3.05) is 6.61 Å². The van der Waals surface area contributed by atoms with E-state index in [1.807, 2.05) is 4.98 Å². The van der Waals surface area contributed by atoms with Crippen LogP contribution in [0.3, 0.4) is 0 Å². The van der Waals surface area contributed by atoms with Gasteiger partial charge in [-0.3, -0.25) is 14.3 Å². The number of alkyl halides is 1. The summed E-state index contributed by atoms with van der Waals surface area (Å²) in [6.07, 6.45) is -2.78.